The van der Waals surface area contributed by atoms with Crippen LogP contribution in [-0.2, 0) is 17.0 Å². The zero-order valence-corrected chi connectivity index (χ0v) is 17.3. The molecule has 0 N–H and O–H groups in total. The van der Waals surface area contributed by atoms with E-state index in [0.29, 0.717) is 23.8 Å². The van der Waals surface area contributed by atoms with Crippen molar-refractivity contribution in [2.24, 2.45) is 0 Å². The van der Waals surface area contributed by atoms with Gasteiger partial charge in [0, 0.05) is 23.3 Å². The summed E-state index contributed by atoms with van der Waals surface area (Å²) in [6, 6.07) is 5.82. The van der Waals surface area contributed by atoms with Crippen molar-refractivity contribution >= 4 is 23.1 Å². The number of thiazole rings is 1. The van der Waals surface area contributed by atoms with E-state index in [1.54, 1.807) is 37.3 Å². The molecule has 0 aliphatic carbocycles. The Hall–Kier alpha value is -2.17. The van der Waals surface area contributed by atoms with Gasteiger partial charge in [0.2, 0.25) is 5.16 Å². The highest BCUT2D eigenvalue weighted by atomic mass is 32.2. The van der Waals surface area contributed by atoms with Crippen molar-refractivity contribution in [3.05, 3.63) is 29.3 Å². The molecule has 0 spiro atoms. The standard InChI is InChI=1S/C18H21N5O3S2/c1-24-15-6-5-12(8-16(15)25-2)17-19-13(10-27-17)11-28-18-20-21-22-23(18)9-14-4-3-7-26-14/h5-6,8,10,14H,3-4,7,9,11H2,1-2H3/t14-/m0/s1. The lowest BCUT2D eigenvalue weighted by atomic mass is 10.2. The van der Waals surface area contributed by atoms with E-state index in [4.69, 9.17) is 19.2 Å². The quantitative estimate of drug-likeness (QED) is 0.514. The number of aromatic nitrogens is 5. The van der Waals surface area contributed by atoms with E-state index >= 15 is 0 Å². The minimum absolute atomic E-state index is 0.207. The van der Waals surface area contributed by atoms with Crippen LogP contribution in [0.25, 0.3) is 10.6 Å². The van der Waals surface area contributed by atoms with Gasteiger partial charge in [-0.1, -0.05) is 11.8 Å². The number of nitrogens with zero attached hydrogens (tertiary/aromatic N) is 5. The molecule has 0 unspecified atom stereocenters. The highest BCUT2D eigenvalue weighted by molar-refractivity contribution is 7.98. The van der Waals surface area contributed by atoms with Crippen molar-refractivity contribution in [1.82, 2.24) is 25.2 Å². The summed E-state index contributed by atoms with van der Waals surface area (Å²) >= 11 is 3.19. The first kappa shape index (κ1) is 19.2. The largest absolute Gasteiger partial charge is 0.493 e. The van der Waals surface area contributed by atoms with Crippen LogP contribution < -0.4 is 9.47 Å². The number of methoxy groups -OCH3 is 2. The summed E-state index contributed by atoms with van der Waals surface area (Å²) in [4.78, 5) is 4.74. The molecular formula is C18H21N5O3S2. The first-order chi connectivity index (χ1) is 13.8. The Morgan fingerprint density at radius 3 is 2.96 bits per heavy atom. The van der Waals surface area contributed by atoms with E-state index < -0.39 is 0 Å². The lowest BCUT2D eigenvalue weighted by Crippen LogP contribution is -2.16. The van der Waals surface area contributed by atoms with Gasteiger partial charge >= 0.3 is 0 Å². The summed E-state index contributed by atoms with van der Waals surface area (Å²) in [7, 11) is 3.26. The van der Waals surface area contributed by atoms with Gasteiger partial charge in [0.15, 0.2) is 11.5 Å². The van der Waals surface area contributed by atoms with Crippen LogP contribution in [-0.4, -0.2) is 52.1 Å². The fourth-order valence-electron chi connectivity index (χ4n) is 3.01. The van der Waals surface area contributed by atoms with E-state index in [9.17, 15) is 0 Å². The number of ether oxygens (including phenoxy) is 3. The van der Waals surface area contributed by atoms with Crippen molar-refractivity contribution < 1.29 is 14.2 Å². The van der Waals surface area contributed by atoms with Gasteiger partial charge in [0.05, 0.1) is 32.6 Å². The summed E-state index contributed by atoms with van der Waals surface area (Å²) in [5.41, 5.74) is 1.99. The molecule has 0 bridgehead atoms. The minimum atomic E-state index is 0.207. The third-order valence-corrected chi connectivity index (χ3v) is 6.36. The molecule has 1 atom stereocenters. The molecule has 2 aromatic heterocycles. The lowest BCUT2D eigenvalue weighted by Gasteiger charge is -2.09. The second kappa shape index (κ2) is 8.89. The highest BCUT2D eigenvalue weighted by Gasteiger charge is 2.19. The topological polar surface area (TPSA) is 84.2 Å². The molecule has 10 heteroatoms. The van der Waals surface area contributed by atoms with E-state index in [1.165, 1.54) is 0 Å². The summed E-state index contributed by atoms with van der Waals surface area (Å²) in [6.07, 6.45) is 2.37. The Morgan fingerprint density at radius 1 is 1.29 bits per heavy atom. The van der Waals surface area contributed by atoms with E-state index in [1.807, 2.05) is 22.9 Å². The monoisotopic (exact) mass is 419 g/mol. The molecule has 1 aliphatic rings. The SMILES string of the molecule is COc1ccc(-c2nc(CSc3nnnn3C[C@@H]3CCCO3)cs2)cc1OC. The molecule has 0 radical (unpaired) electrons. The molecular weight excluding hydrogens is 398 g/mol. The summed E-state index contributed by atoms with van der Waals surface area (Å²) < 4.78 is 18.2. The Kier molecular flexibility index (Phi) is 6.08. The Balaban J connectivity index is 1.41. The molecule has 8 nitrogen and oxygen atoms in total. The number of tetrazole rings is 1. The summed E-state index contributed by atoms with van der Waals surface area (Å²) in [5.74, 6) is 2.10. The maximum Gasteiger partial charge on any atom is 0.209 e. The van der Waals surface area contributed by atoms with Crippen LogP contribution in [0.1, 0.15) is 18.5 Å². The Labute approximate surface area is 171 Å². The van der Waals surface area contributed by atoms with Gasteiger partial charge in [-0.25, -0.2) is 9.67 Å². The number of rotatable bonds is 8. The molecule has 0 saturated carbocycles. The number of hydrogen-bond donors (Lipinski definition) is 0. The van der Waals surface area contributed by atoms with Gasteiger partial charge in [0.25, 0.3) is 0 Å². The van der Waals surface area contributed by atoms with E-state index in [-0.39, 0.29) is 6.10 Å². The second-order valence-corrected chi connectivity index (χ2v) is 8.08. The van der Waals surface area contributed by atoms with Gasteiger partial charge in [0.1, 0.15) is 5.01 Å². The smallest absolute Gasteiger partial charge is 0.209 e. The van der Waals surface area contributed by atoms with E-state index in [2.05, 4.69) is 20.9 Å². The third-order valence-electron chi connectivity index (χ3n) is 4.43. The molecule has 3 heterocycles. The maximum absolute atomic E-state index is 5.68. The van der Waals surface area contributed by atoms with Crippen molar-refractivity contribution in [3.8, 4) is 22.1 Å². The van der Waals surface area contributed by atoms with Crippen LogP contribution in [0.3, 0.4) is 0 Å². The lowest BCUT2D eigenvalue weighted by molar-refractivity contribution is 0.0912. The fourth-order valence-corrected chi connectivity index (χ4v) is 4.71. The Morgan fingerprint density at radius 2 is 2.18 bits per heavy atom. The zero-order valence-electron chi connectivity index (χ0n) is 15.7. The number of benzene rings is 1. The van der Waals surface area contributed by atoms with Crippen LogP contribution in [0.2, 0.25) is 0 Å². The second-order valence-electron chi connectivity index (χ2n) is 6.28. The normalized spacial score (nSPS) is 16.4. The average Bonchev–Trinajstić information content (AvgIpc) is 3.48. The molecule has 4 rings (SSSR count). The van der Waals surface area contributed by atoms with Crippen LogP contribution in [0.4, 0.5) is 0 Å². The molecule has 1 saturated heterocycles. The van der Waals surface area contributed by atoms with Crippen LogP contribution in [0, 0.1) is 0 Å². The van der Waals surface area contributed by atoms with Crippen molar-refractivity contribution in [3.63, 3.8) is 0 Å². The number of hydrogen-bond acceptors (Lipinski definition) is 9. The average molecular weight is 420 g/mol. The molecule has 28 heavy (non-hydrogen) atoms. The fraction of sp³-hybridized carbons (Fsp3) is 0.444. The third kappa shape index (κ3) is 4.29. The van der Waals surface area contributed by atoms with Gasteiger partial charge in [-0.2, -0.15) is 0 Å². The molecule has 148 valence electrons. The van der Waals surface area contributed by atoms with E-state index in [0.717, 1.165) is 40.9 Å². The van der Waals surface area contributed by atoms with Gasteiger partial charge in [-0.15, -0.1) is 16.4 Å². The van der Waals surface area contributed by atoms with Crippen LogP contribution >= 0.6 is 23.1 Å². The summed E-state index contributed by atoms with van der Waals surface area (Å²) in [5, 5.41) is 15.8. The predicted octanol–water partition coefficient (Wildman–Crippen LogP) is 3.29. The minimum Gasteiger partial charge on any atom is -0.493 e. The van der Waals surface area contributed by atoms with Crippen LogP contribution in [0.5, 0.6) is 11.5 Å². The van der Waals surface area contributed by atoms with Gasteiger partial charge < -0.3 is 14.2 Å². The van der Waals surface area contributed by atoms with Gasteiger partial charge in [-0.05, 0) is 41.5 Å². The molecule has 1 fully saturated rings. The first-order valence-electron chi connectivity index (χ1n) is 8.94. The predicted molar refractivity (Wildman–Crippen MR) is 107 cm³/mol. The van der Waals surface area contributed by atoms with Crippen LogP contribution in [0.15, 0.2) is 28.7 Å². The van der Waals surface area contributed by atoms with Gasteiger partial charge in [-0.3, -0.25) is 0 Å². The zero-order chi connectivity index (χ0) is 19.3. The summed E-state index contributed by atoms with van der Waals surface area (Å²) in [6.45, 7) is 1.52. The molecule has 0 amide bonds. The van der Waals surface area contributed by atoms with Crippen molar-refractivity contribution in [2.75, 3.05) is 20.8 Å². The maximum atomic E-state index is 5.68. The first-order valence-corrected chi connectivity index (χ1v) is 10.8. The van der Waals surface area contributed by atoms with Crippen molar-refractivity contribution in [1.29, 1.82) is 0 Å². The number of thioether (sulfide) groups is 1. The van der Waals surface area contributed by atoms with Crippen molar-refractivity contribution in [2.45, 2.75) is 36.4 Å². The Bertz CT molecular complexity index is 924. The molecule has 1 aromatic carbocycles. The molecule has 1 aliphatic heterocycles. The molecule has 3 aromatic rings. The highest BCUT2D eigenvalue weighted by Crippen LogP contribution is 2.34.